The van der Waals surface area contributed by atoms with Gasteiger partial charge in [0.2, 0.25) is 0 Å². The molecule has 0 aliphatic carbocycles. The van der Waals surface area contributed by atoms with E-state index in [-0.39, 0.29) is 11.9 Å². The van der Waals surface area contributed by atoms with E-state index in [1.807, 2.05) is 13.0 Å². The second-order valence-corrected chi connectivity index (χ2v) is 10.4. The molecule has 0 spiro atoms. The number of amides is 3. The summed E-state index contributed by atoms with van der Waals surface area (Å²) in [6.07, 6.45) is 3.76. The SMILES string of the molecule is Cc1cccc(C(=O)N(C(=O)N2CCCC2)[C@@H](CCS(C)=O)c2nc3ccc(Cl)cc3[nH]2)c1. The maximum absolute atomic E-state index is 13.8. The number of imide groups is 1. The number of carbonyl (C=O) groups is 2. The van der Waals surface area contributed by atoms with E-state index >= 15 is 0 Å². The van der Waals surface area contributed by atoms with Crippen LogP contribution in [0.3, 0.4) is 0 Å². The Morgan fingerprint density at radius 2 is 1.97 bits per heavy atom. The summed E-state index contributed by atoms with van der Waals surface area (Å²) in [5, 5.41) is 0.560. The number of rotatable bonds is 6. The number of urea groups is 1. The van der Waals surface area contributed by atoms with Gasteiger partial charge in [0.25, 0.3) is 5.91 Å². The van der Waals surface area contributed by atoms with Crippen molar-refractivity contribution in [1.82, 2.24) is 19.8 Å². The van der Waals surface area contributed by atoms with Gasteiger partial charge in [-0.2, -0.15) is 0 Å². The summed E-state index contributed by atoms with van der Waals surface area (Å²) in [4.78, 5) is 38.4. The maximum Gasteiger partial charge on any atom is 0.327 e. The van der Waals surface area contributed by atoms with Gasteiger partial charge in [-0.15, -0.1) is 0 Å². The van der Waals surface area contributed by atoms with E-state index in [4.69, 9.17) is 11.6 Å². The van der Waals surface area contributed by atoms with Crippen LogP contribution in [0.25, 0.3) is 11.0 Å². The first kappa shape index (κ1) is 23.4. The first-order valence-electron chi connectivity index (χ1n) is 11.0. The lowest BCUT2D eigenvalue weighted by atomic mass is 10.1. The van der Waals surface area contributed by atoms with Crippen LogP contribution in [0.15, 0.2) is 42.5 Å². The lowest BCUT2D eigenvalue weighted by Crippen LogP contribution is -2.47. The number of aromatic amines is 1. The highest BCUT2D eigenvalue weighted by Crippen LogP contribution is 2.30. The van der Waals surface area contributed by atoms with Crippen LogP contribution in [-0.4, -0.2) is 61.0 Å². The molecule has 0 radical (unpaired) electrons. The van der Waals surface area contributed by atoms with Crippen LogP contribution >= 0.6 is 11.6 Å². The van der Waals surface area contributed by atoms with Crippen molar-refractivity contribution in [2.24, 2.45) is 0 Å². The van der Waals surface area contributed by atoms with Gasteiger partial charge >= 0.3 is 6.03 Å². The van der Waals surface area contributed by atoms with E-state index in [0.29, 0.717) is 47.2 Å². The Morgan fingerprint density at radius 3 is 2.67 bits per heavy atom. The number of aromatic nitrogens is 2. The zero-order chi connectivity index (χ0) is 23.5. The molecule has 1 fully saturated rings. The molecule has 0 saturated carbocycles. The van der Waals surface area contributed by atoms with Crippen molar-refractivity contribution < 1.29 is 13.8 Å². The fraction of sp³-hybridized carbons (Fsp3) is 0.375. The van der Waals surface area contributed by atoms with Gasteiger partial charge in [-0.25, -0.2) is 14.7 Å². The Balaban J connectivity index is 1.81. The summed E-state index contributed by atoms with van der Waals surface area (Å²) in [5.74, 6) is 0.417. The number of halogens is 1. The number of benzene rings is 2. The average molecular weight is 487 g/mol. The topological polar surface area (TPSA) is 86.4 Å². The lowest BCUT2D eigenvalue weighted by molar-refractivity contribution is 0.0686. The van der Waals surface area contributed by atoms with Gasteiger partial charge in [0.05, 0.1) is 11.0 Å². The minimum atomic E-state index is -1.10. The molecule has 1 aromatic heterocycles. The Kier molecular flexibility index (Phi) is 7.14. The first-order chi connectivity index (χ1) is 15.8. The van der Waals surface area contributed by atoms with Gasteiger partial charge in [0, 0.05) is 46.5 Å². The van der Waals surface area contributed by atoms with Crippen molar-refractivity contribution in [2.75, 3.05) is 25.1 Å². The van der Waals surface area contributed by atoms with Crippen molar-refractivity contribution in [3.63, 3.8) is 0 Å². The number of imidazole rings is 1. The van der Waals surface area contributed by atoms with Crippen LogP contribution in [0, 0.1) is 6.92 Å². The van der Waals surface area contributed by atoms with Gasteiger partial charge in [0.1, 0.15) is 11.9 Å². The molecule has 2 heterocycles. The van der Waals surface area contributed by atoms with Crippen molar-refractivity contribution in [3.8, 4) is 0 Å². The average Bonchev–Trinajstić information content (AvgIpc) is 3.45. The molecule has 3 amide bonds. The molecule has 1 N–H and O–H groups in total. The number of nitrogens with zero attached hydrogens (tertiary/aromatic N) is 3. The molecule has 7 nitrogen and oxygen atoms in total. The third-order valence-corrected chi connectivity index (χ3v) is 6.88. The molecular formula is C24H27ClN4O3S. The van der Waals surface area contributed by atoms with Crippen LogP contribution < -0.4 is 0 Å². The van der Waals surface area contributed by atoms with Gasteiger partial charge in [-0.05, 0) is 56.5 Å². The van der Waals surface area contributed by atoms with E-state index < -0.39 is 16.8 Å². The predicted molar refractivity (Wildman–Crippen MR) is 131 cm³/mol. The highest BCUT2D eigenvalue weighted by molar-refractivity contribution is 7.84. The second-order valence-electron chi connectivity index (χ2n) is 8.39. The summed E-state index contributed by atoms with van der Waals surface area (Å²) in [5.41, 5.74) is 2.77. The molecule has 1 aliphatic rings. The Labute approximate surface area is 200 Å². The molecule has 1 aliphatic heterocycles. The van der Waals surface area contributed by atoms with Crippen molar-refractivity contribution in [2.45, 2.75) is 32.2 Å². The third-order valence-electron chi connectivity index (χ3n) is 5.83. The number of nitrogens with one attached hydrogen (secondary N) is 1. The van der Waals surface area contributed by atoms with Gasteiger partial charge in [-0.3, -0.25) is 9.00 Å². The fourth-order valence-corrected chi connectivity index (χ4v) is 4.89. The molecule has 9 heteroatoms. The summed E-state index contributed by atoms with van der Waals surface area (Å²) in [6.45, 7) is 3.13. The van der Waals surface area contributed by atoms with E-state index in [0.717, 1.165) is 23.9 Å². The summed E-state index contributed by atoms with van der Waals surface area (Å²) < 4.78 is 12.0. The van der Waals surface area contributed by atoms with Crippen LogP contribution in [0.1, 0.15) is 47.1 Å². The van der Waals surface area contributed by atoms with Gasteiger partial charge in [0.15, 0.2) is 0 Å². The Morgan fingerprint density at radius 1 is 1.21 bits per heavy atom. The predicted octanol–water partition coefficient (Wildman–Crippen LogP) is 4.69. The Hall–Kier alpha value is -2.71. The molecule has 1 unspecified atom stereocenters. The molecule has 2 aromatic carbocycles. The molecule has 2 atom stereocenters. The maximum atomic E-state index is 13.8. The van der Waals surface area contributed by atoms with E-state index in [1.165, 1.54) is 4.90 Å². The molecule has 3 aromatic rings. The van der Waals surface area contributed by atoms with Crippen molar-refractivity contribution in [1.29, 1.82) is 0 Å². The van der Waals surface area contributed by atoms with E-state index in [1.54, 1.807) is 47.6 Å². The van der Waals surface area contributed by atoms with Crippen molar-refractivity contribution >= 4 is 45.4 Å². The van der Waals surface area contributed by atoms with Gasteiger partial charge < -0.3 is 9.88 Å². The van der Waals surface area contributed by atoms with Crippen molar-refractivity contribution in [3.05, 3.63) is 64.4 Å². The van der Waals surface area contributed by atoms with Crippen LogP contribution in [0.4, 0.5) is 4.79 Å². The zero-order valence-electron chi connectivity index (χ0n) is 18.7. The number of aryl methyl sites for hydroxylation is 1. The number of hydrogen-bond acceptors (Lipinski definition) is 4. The molecule has 0 bridgehead atoms. The minimum absolute atomic E-state index is 0.327. The highest BCUT2D eigenvalue weighted by Gasteiger charge is 2.37. The number of hydrogen-bond donors (Lipinski definition) is 1. The normalized spacial score (nSPS) is 15.5. The number of carbonyl (C=O) groups excluding carboxylic acids is 2. The molecule has 1 saturated heterocycles. The third kappa shape index (κ3) is 5.28. The number of H-pyrrole nitrogens is 1. The monoisotopic (exact) mass is 486 g/mol. The largest absolute Gasteiger partial charge is 0.340 e. The first-order valence-corrected chi connectivity index (χ1v) is 13.1. The minimum Gasteiger partial charge on any atom is -0.340 e. The fourth-order valence-electron chi connectivity index (χ4n) is 4.16. The molecule has 174 valence electrons. The highest BCUT2D eigenvalue weighted by atomic mass is 35.5. The molecule has 33 heavy (non-hydrogen) atoms. The summed E-state index contributed by atoms with van der Waals surface area (Å²) in [6, 6.07) is 11.5. The Bertz CT molecular complexity index is 1210. The molecular weight excluding hydrogens is 460 g/mol. The van der Waals surface area contributed by atoms with E-state index in [2.05, 4.69) is 9.97 Å². The summed E-state index contributed by atoms with van der Waals surface area (Å²) >= 11 is 6.14. The second kappa shape index (κ2) is 10.1. The van der Waals surface area contributed by atoms with Crippen LogP contribution in [0.5, 0.6) is 0 Å². The van der Waals surface area contributed by atoms with Gasteiger partial charge in [-0.1, -0.05) is 29.3 Å². The number of fused-ring (bicyclic) bond motifs is 1. The van der Waals surface area contributed by atoms with Crippen LogP contribution in [0.2, 0.25) is 5.02 Å². The quantitative estimate of drug-likeness (QED) is 0.547. The van der Waals surface area contributed by atoms with E-state index in [9.17, 15) is 13.8 Å². The summed E-state index contributed by atoms with van der Waals surface area (Å²) in [7, 11) is -1.10. The standard InChI is InChI=1S/C24H27ClN4O3S/c1-16-6-5-7-17(14-16)23(30)29(24(31)28-11-3-4-12-28)21(10-13-33(2)32)22-26-19-9-8-18(25)15-20(19)27-22/h5-9,14-15,21H,3-4,10-13H2,1-2H3,(H,26,27)/t21-,33?/m0/s1. The zero-order valence-corrected chi connectivity index (χ0v) is 20.3. The van der Waals surface area contributed by atoms with Crippen LogP contribution in [-0.2, 0) is 10.8 Å². The lowest BCUT2D eigenvalue weighted by Gasteiger charge is -2.32. The number of likely N-dealkylation sites (tertiary alicyclic amines) is 1. The molecule has 4 rings (SSSR count). The smallest absolute Gasteiger partial charge is 0.327 e.